The van der Waals surface area contributed by atoms with E-state index in [2.05, 4.69) is 6.58 Å². The number of hydrogen-bond donors (Lipinski definition) is 0. The van der Waals surface area contributed by atoms with E-state index in [1.807, 2.05) is 0 Å². The first-order chi connectivity index (χ1) is 12.0. The normalized spacial score (nSPS) is 13.1. The molecule has 0 aromatic heterocycles. The molecule has 0 N–H and O–H groups in total. The number of hydrogen-bond acceptors (Lipinski definition) is 3. The van der Waals surface area contributed by atoms with E-state index in [1.165, 1.54) is 4.90 Å². The molecule has 25 heavy (non-hydrogen) atoms. The fourth-order valence-electron chi connectivity index (χ4n) is 2.89. The average Bonchev–Trinajstić information content (AvgIpc) is 2.87. The number of rotatable bonds is 6. The monoisotopic (exact) mass is 353 g/mol. The summed E-state index contributed by atoms with van der Waals surface area (Å²) in [5, 5.41) is 0.401. The molecule has 1 aliphatic heterocycles. The van der Waals surface area contributed by atoms with Crippen molar-refractivity contribution in [2.24, 2.45) is 0 Å². The molecule has 126 valence electrons. The molecule has 0 bridgehead atoms. The van der Waals surface area contributed by atoms with Gasteiger partial charge in [0.25, 0.3) is 11.8 Å². The zero-order valence-corrected chi connectivity index (χ0v) is 14.3. The van der Waals surface area contributed by atoms with Crippen LogP contribution in [0.1, 0.15) is 49.5 Å². The Bertz CT molecular complexity index is 853. The quantitative estimate of drug-likeness (QED) is 0.576. The molecule has 0 unspecified atom stereocenters. The van der Waals surface area contributed by atoms with Gasteiger partial charge in [0.1, 0.15) is 0 Å². The first-order valence-electron chi connectivity index (χ1n) is 7.91. The number of benzene rings is 2. The maximum atomic E-state index is 12.3. The molecule has 5 heteroatoms. The molecular weight excluding hydrogens is 338 g/mol. The Morgan fingerprint density at radius 2 is 1.72 bits per heavy atom. The van der Waals surface area contributed by atoms with Crippen LogP contribution in [0.25, 0.3) is 5.57 Å². The van der Waals surface area contributed by atoms with E-state index in [4.69, 9.17) is 11.6 Å². The van der Waals surface area contributed by atoms with Crippen LogP contribution in [-0.2, 0) is 0 Å². The first-order valence-corrected chi connectivity index (χ1v) is 8.29. The number of aldehydes is 1. The van der Waals surface area contributed by atoms with E-state index in [1.54, 1.807) is 42.5 Å². The van der Waals surface area contributed by atoms with Crippen LogP contribution in [0.5, 0.6) is 0 Å². The number of carbonyl (C=O) groups is 3. The molecule has 0 aliphatic carbocycles. The van der Waals surface area contributed by atoms with Crippen molar-refractivity contribution in [3.8, 4) is 0 Å². The predicted molar refractivity (Wildman–Crippen MR) is 96.9 cm³/mol. The summed E-state index contributed by atoms with van der Waals surface area (Å²) in [6.07, 6.45) is 1.91. The largest absolute Gasteiger partial charge is 0.298 e. The SMILES string of the molecule is C=C(CCCN1C(=O)c2ccccc2C1=O)c1ccc(Cl)c(C=O)c1. The number of halogens is 1. The second kappa shape index (κ2) is 7.03. The molecule has 2 aromatic rings. The van der Waals surface area contributed by atoms with Crippen LogP contribution in [0.4, 0.5) is 0 Å². The Labute approximate surface area is 150 Å². The van der Waals surface area contributed by atoms with Crippen LogP contribution in [0.3, 0.4) is 0 Å². The summed E-state index contributed by atoms with van der Waals surface area (Å²) >= 11 is 5.93. The number of amides is 2. The number of allylic oxidation sites excluding steroid dienone is 1. The highest BCUT2D eigenvalue weighted by Crippen LogP contribution is 2.25. The van der Waals surface area contributed by atoms with E-state index in [-0.39, 0.29) is 11.8 Å². The van der Waals surface area contributed by atoms with Crippen molar-refractivity contribution in [1.82, 2.24) is 4.90 Å². The molecule has 0 spiro atoms. The van der Waals surface area contributed by atoms with Gasteiger partial charge in [-0.2, -0.15) is 0 Å². The minimum Gasteiger partial charge on any atom is -0.298 e. The first kappa shape index (κ1) is 17.1. The smallest absolute Gasteiger partial charge is 0.261 e. The lowest BCUT2D eigenvalue weighted by atomic mass is 10.0. The van der Waals surface area contributed by atoms with E-state index in [0.29, 0.717) is 47.4 Å². The van der Waals surface area contributed by atoms with Crippen LogP contribution in [0.15, 0.2) is 49.0 Å². The van der Waals surface area contributed by atoms with Gasteiger partial charge >= 0.3 is 0 Å². The number of imide groups is 1. The summed E-state index contributed by atoms with van der Waals surface area (Å²) in [7, 11) is 0. The van der Waals surface area contributed by atoms with Gasteiger partial charge in [-0.15, -0.1) is 0 Å². The molecule has 0 fully saturated rings. The lowest BCUT2D eigenvalue weighted by Gasteiger charge is -2.14. The molecule has 0 atom stereocenters. The lowest BCUT2D eigenvalue weighted by Crippen LogP contribution is -2.30. The minimum absolute atomic E-state index is 0.249. The lowest BCUT2D eigenvalue weighted by molar-refractivity contribution is 0.0653. The van der Waals surface area contributed by atoms with Crippen LogP contribution in [-0.4, -0.2) is 29.5 Å². The Morgan fingerprint density at radius 3 is 2.32 bits per heavy atom. The third kappa shape index (κ3) is 3.26. The fraction of sp³-hybridized carbons (Fsp3) is 0.150. The maximum Gasteiger partial charge on any atom is 0.261 e. The van der Waals surface area contributed by atoms with E-state index >= 15 is 0 Å². The number of carbonyl (C=O) groups excluding carboxylic acids is 3. The summed E-state index contributed by atoms with van der Waals surface area (Å²) in [6.45, 7) is 4.36. The Balaban J connectivity index is 1.62. The highest BCUT2D eigenvalue weighted by Gasteiger charge is 2.34. The molecule has 0 saturated carbocycles. The number of fused-ring (bicyclic) bond motifs is 1. The number of nitrogens with zero attached hydrogens (tertiary/aromatic N) is 1. The van der Waals surface area contributed by atoms with Gasteiger partial charge in [0.2, 0.25) is 0 Å². The standard InChI is InChI=1S/C20H16ClNO3/c1-13(14-8-9-18(21)15(11-14)12-23)5-4-10-22-19(24)16-6-2-3-7-17(16)20(22)25/h2-3,6-9,11-12H,1,4-5,10H2. The van der Waals surface area contributed by atoms with Crippen molar-refractivity contribution in [1.29, 1.82) is 0 Å². The zero-order valence-electron chi connectivity index (χ0n) is 13.5. The van der Waals surface area contributed by atoms with Gasteiger partial charge in [-0.3, -0.25) is 19.3 Å². The van der Waals surface area contributed by atoms with Crippen molar-refractivity contribution in [2.45, 2.75) is 12.8 Å². The van der Waals surface area contributed by atoms with Gasteiger partial charge in [0.15, 0.2) is 6.29 Å². The molecule has 4 nitrogen and oxygen atoms in total. The summed E-state index contributed by atoms with van der Waals surface area (Å²) in [4.78, 5) is 36.9. The van der Waals surface area contributed by atoms with Gasteiger partial charge in [-0.1, -0.05) is 36.4 Å². The van der Waals surface area contributed by atoms with Gasteiger partial charge in [0.05, 0.1) is 16.1 Å². The van der Waals surface area contributed by atoms with Crippen LogP contribution >= 0.6 is 11.6 Å². The van der Waals surface area contributed by atoms with E-state index in [0.717, 1.165) is 11.1 Å². The third-order valence-corrected chi connectivity index (χ3v) is 4.61. The second-order valence-electron chi connectivity index (χ2n) is 5.87. The van der Waals surface area contributed by atoms with Crippen LogP contribution < -0.4 is 0 Å². The summed E-state index contributed by atoms with van der Waals surface area (Å²) < 4.78 is 0. The van der Waals surface area contributed by atoms with Crippen molar-refractivity contribution in [3.05, 3.63) is 76.3 Å². The minimum atomic E-state index is -0.249. The van der Waals surface area contributed by atoms with Crippen LogP contribution in [0.2, 0.25) is 5.02 Å². The van der Waals surface area contributed by atoms with E-state index in [9.17, 15) is 14.4 Å². The average molecular weight is 354 g/mol. The summed E-state index contributed by atoms with van der Waals surface area (Å²) in [5.74, 6) is -0.498. The Kier molecular flexibility index (Phi) is 4.81. The van der Waals surface area contributed by atoms with Gasteiger partial charge in [-0.25, -0.2) is 0 Å². The van der Waals surface area contributed by atoms with Gasteiger partial charge in [0, 0.05) is 12.1 Å². The third-order valence-electron chi connectivity index (χ3n) is 4.27. The molecule has 3 rings (SSSR count). The van der Waals surface area contributed by atoms with Crippen molar-refractivity contribution < 1.29 is 14.4 Å². The highest BCUT2D eigenvalue weighted by atomic mass is 35.5. The van der Waals surface area contributed by atoms with Crippen LogP contribution in [0, 0.1) is 0 Å². The van der Waals surface area contributed by atoms with E-state index < -0.39 is 0 Å². The van der Waals surface area contributed by atoms with Crippen molar-refractivity contribution in [2.75, 3.05) is 6.54 Å². The zero-order chi connectivity index (χ0) is 18.0. The predicted octanol–water partition coefficient (Wildman–Crippen LogP) is 4.24. The summed E-state index contributed by atoms with van der Waals surface area (Å²) in [6, 6.07) is 12.0. The highest BCUT2D eigenvalue weighted by molar-refractivity contribution is 6.33. The van der Waals surface area contributed by atoms with Crippen molar-refractivity contribution in [3.63, 3.8) is 0 Å². The fourth-order valence-corrected chi connectivity index (χ4v) is 3.05. The molecule has 2 amide bonds. The van der Waals surface area contributed by atoms with Crippen molar-refractivity contribution >= 4 is 35.3 Å². The molecule has 1 aliphatic rings. The molecule has 2 aromatic carbocycles. The molecular formula is C20H16ClNO3. The Hall–Kier alpha value is -2.72. The van der Waals surface area contributed by atoms with Gasteiger partial charge < -0.3 is 0 Å². The molecule has 0 saturated heterocycles. The topological polar surface area (TPSA) is 54.5 Å². The molecule has 0 radical (unpaired) electrons. The second-order valence-corrected chi connectivity index (χ2v) is 6.28. The maximum absolute atomic E-state index is 12.3. The Morgan fingerprint density at radius 1 is 1.08 bits per heavy atom. The molecule has 1 heterocycles. The van der Waals surface area contributed by atoms with Gasteiger partial charge in [-0.05, 0) is 48.2 Å². The summed E-state index contributed by atoms with van der Waals surface area (Å²) in [5.41, 5.74) is 2.99.